The number of hydrogen-bond donors (Lipinski definition) is 0. The Hall–Kier alpha value is 0.270. The topological polar surface area (TPSA) is 18.5 Å². The summed E-state index contributed by atoms with van der Waals surface area (Å²) in [5, 5.41) is 0. The summed E-state index contributed by atoms with van der Waals surface area (Å²) < 4.78 is 12.0. The largest absolute Gasteiger partial charge is 0.375 e. The molecule has 0 N–H and O–H groups in total. The van der Waals surface area contributed by atoms with Crippen LogP contribution in [0.4, 0.5) is 0 Å². The van der Waals surface area contributed by atoms with Gasteiger partial charge < -0.3 is 9.47 Å². The van der Waals surface area contributed by atoms with Crippen LogP contribution in [0.2, 0.25) is 0 Å². The molecule has 0 rings (SSSR count). The minimum absolute atomic E-state index is 0.0247. The smallest absolute Gasteiger partial charge is 0.0648 e. The van der Waals surface area contributed by atoms with Gasteiger partial charge in [0.15, 0.2) is 0 Å². The zero-order valence-electron chi connectivity index (χ0n) is 14.3. The summed E-state index contributed by atoms with van der Waals surface area (Å²) in [7, 11) is 0. The second kappa shape index (κ2) is 7.90. The van der Waals surface area contributed by atoms with E-state index in [0.29, 0.717) is 0 Å². The molecule has 0 aliphatic rings. The maximum absolute atomic E-state index is 6.01. The van der Waals surface area contributed by atoms with E-state index in [1.807, 2.05) is 11.8 Å². The van der Waals surface area contributed by atoms with Crippen LogP contribution in [-0.2, 0) is 9.47 Å². The summed E-state index contributed by atoms with van der Waals surface area (Å²) in [6, 6.07) is 0. The molecule has 0 saturated carbocycles. The predicted octanol–water partition coefficient (Wildman–Crippen LogP) is 4.77. The van der Waals surface area contributed by atoms with E-state index in [0.717, 1.165) is 31.8 Å². The van der Waals surface area contributed by atoms with E-state index in [4.69, 9.17) is 9.47 Å². The van der Waals surface area contributed by atoms with Gasteiger partial charge in [-0.15, -0.1) is 0 Å². The first kappa shape index (κ1) is 19.3. The van der Waals surface area contributed by atoms with Gasteiger partial charge in [-0.05, 0) is 58.0 Å². The molecule has 2 nitrogen and oxygen atoms in total. The Balaban J connectivity index is 3.97. The van der Waals surface area contributed by atoms with E-state index in [1.165, 1.54) is 0 Å². The fourth-order valence-corrected chi connectivity index (χ4v) is 2.17. The number of hydrogen-bond acceptors (Lipinski definition) is 3. The van der Waals surface area contributed by atoms with E-state index in [-0.39, 0.29) is 16.6 Å². The molecule has 0 atom stereocenters. The van der Waals surface area contributed by atoms with Gasteiger partial charge in [-0.2, -0.15) is 11.8 Å². The van der Waals surface area contributed by atoms with Crippen molar-refractivity contribution in [2.45, 2.75) is 72.5 Å². The normalized spacial score (nSPS) is 13.9. The van der Waals surface area contributed by atoms with Crippen LogP contribution in [-0.4, -0.2) is 36.4 Å². The third kappa shape index (κ3) is 11.8. The minimum atomic E-state index is -0.108. The van der Waals surface area contributed by atoms with Gasteiger partial charge in [0.25, 0.3) is 0 Å². The lowest BCUT2D eigenvalue weighted by atomic mass is 9.97. The van der Waals surface area contributed by atoms with E-state index >= 15 is 0 Å². The van der Waals surface area contributed by atoms with Crippen LogP contribution >= 0.6 is 11.8 Å². The minimum Gasteiger partial charge on any atom is -0.375 e. The molecule has 0 spiro atoms. The highest BCUT2D eigenvalue weighted by atomic mass is 32.2. The van der Waals surface area contributed by atoms with Crippen LogP contribution in [0.5, 0.6) is 0 Å². The van der Waals surface area contributed by atoms with Gasteiger partial charge in [0, 0.05) is 0 Å². The highest BCUT2D eigenvalue weighted by Crippen LogP contribution is 2.23. The monoisotopic (exact) mass is 290 g/mol. The van der Waals surface area contributed by atoms with E-state index < -0.39 is 0 Å². The molecule has 0 unspecified atom stereocenters. The molecule has 0 saturated heterocycles. The zero-order valence-corrected chi connectivity index (χ0v) is 15.1. The molecule has 116 valence electrons. The standard InChI is InChI=1S/C16H34O2S/c1-14(2,3)13-18-15(4,5)9-11-17-16(6,7)10-12-19-8/h9-13H2,1-8H3. The van der Waals surface area contributed by atoms with Crippen molar-refractivity contribution in [2.75, 3.05) is 25.2 Å². The lowest BCUT2D eigenvalue weighted by Crippen LogP contribution is -2.33. The molecule has 0 aliphatic heterocycles. The average Bonchev–Trinajstić information content (AvgIpc) is 2.22. The van der Waals surface area contributed by atoms with Crippen LogP contribution in [0, 0.1) is 5.41 Å². The second-order valence-electron chi connectivity index (χ2n) is 7.71. The SMILES string of the molecule is CSCCC(C)(C)OCCC(C)(C)OCC(C)(C)C. The Morgan fingerprint density at radius 2 is 1.32 bits per heavy atom. The van der Waals surface area contributed by atoms with Crippen LogP contribution in [0.3, 0.4) is 0 Å². The van der Waals surface area contributed by atoms with Crippen molar-refractivity contribution >= 4 is 11.8 Å². The summed E-state index contributed by atoms with van der Waals surface area (Å²) in [5.41, 5.74) is 0.0851. The maximum Gasteiger partial charge on any atom is 0.0648 e. The summed E-state index contributed by atoms with van der Waals surface area (Å²) in [5.74, 6) is 1.15. The van der Waals surface area contributed by atoms with Gasteiger partial charge in [0.1, 0.15) is 0 Å². The lowest BCUT2D eigenvalue weighted by molar-refractivity contribution is -0.0878. The fraction of sp³-hybridized carbons (Fsp3) is 1.00. The molecular formula is C16H34O2S. The molecule has 0 amide bonds. The Morgan fingerprint density at radius 1 is 0.789 bits per heavy atom. The second-order valence-corrected chi connectivity index (χ2v) is 8.70. The van der Waals surface area contributed by atoms with Crippen LogP contribution in [0.15, 0.2) is 0 Å². The molecule has 0 radical (unpaired) electrons. The van der Waals surface area contributed by atoms with Crippen molar-refractivity contribution < 1.29 is 9.47 Å². The molecule has 0 bridgehead atoms. The Labute approximate surface area is 125 Å². The van der Waals surface area contributed by atoms with Crippen LogP contribution in [0.1, 0.15) is 61.3 Å². The molecular weight excluding hydrogens is 256 g/mol. The fourth-order valence-electron chi connectivity index (χ4n) is 1.48. The first-order chi connectivity index (χ1) is 8.47. The van der Waals surface area contributed by atoms with Gasteiger partial charge in [0.2, 0.25) is 0 Å². The first-order valence-electron chi connectivity index (χ1n) is 7.24. The van der Waals surface area contributed by atoms with Gasteiger partial charge in [0.05, 0.1) is 24.4 Å². The summed E-state index contributed by atoms with van der Waals surface area (Å²) in [4.78, 5) is 0. The highest BCUT2D eigenvalue weighted by Gasteiger charge is 2.24. The maximum atomic E-state index is 6.01. The third-order valence-corrected chi connectivity index (χ3v) is 3.61. The number of ether oxygens (including phenoxy) is 2. The van der Waals surface area contributed by atoms with Crippen LogP contribution in [0.25, 0.3) is 0 Å². The molecule has 0 aromatic heterocycles. The van der Waals surface area contributed by atoms with Gasteiger partial charge in [-0.1, -0.05) is 20.8 Å². The zero-order chi connectivity index (χ0) is 15.2. The van der Waals surface area contributed by atoms with Crippen molar-refractivity contribution in [3.8, 4) is 0 Å². The van der Waals surface area contributed by atoms with Crippen molar-refractivity contribution in [1.29, 1.82) is 0 Å². The molecule has 0 aromatic carbocycles. The summed E-state index contributed by atoms with van der Waals surface area (Å²) >= 11 is 1.87. The van der Waals surface area contributed by atoms with Crippen molar-refractivity contribution in [3.63, 3.8) is 0 Å². The predicted molar refractivity (Wildman–Crippen MR) is 87.1 cm³/mol. The quantitative estimate of drug-likeness (QED) is 0.609. The van der Waals surface area contributed by atoms with Gasteiger partial charge >= 0.3 is 0 Å². The Bertz CT molecular complexity index is 242. The number of rotatable bonds is 9. The van der Waals surface area contributed by atoms with Crippen molar-refractivity contribution in [2.24, 2.45) is 5.41 Å². The lowest BCUT2D eigenvalue weighted by Gasteiger charge is -2.32. The van der Waals surface area contributed by atoms with Gasteiger partial charge in [-0.3, -0.25) is 0 Å². The van der Waals surface area contributed by atoms with Crippen molar-refractivity contribution in [1.82, 2.24) is 0 Å². The van der Waals surface area contributed by atoms with Crippen LogP contribution < -0.4 is 0 Å². The van der Waals surface area contributed by atoms with E-state index in [9.17, 15) is 0 Å². The highest BCUT2D eigenvalue weighted by molar-refractivity contribution is 7.98. The third-order valence-electron chi connectivity index (χ3n) is 3.00. The molecule has 0 heterocycles. The van der Waals surface area contributed by atoms with Gasteiger partial charge in [-0.25, -0.2) is 0 Å². The summed E-state index contributed by atoms with van der Waals surface area (Å²) in [6.07, 6.45) is 4.17. The Morgan fingerprint density at radius 3 is 1.79 bits per heavy atom. The average molecular weight is 291 g/mol. The molecule has 0 fully saturated rings. The summed E-state index contributed by atoms with van der Waals surface area (Å²) in [6.45, 7) is 16.8. The van der Waals surface area contributed by atoms with E-state index in [2.05, 4.69) is 54.7 Å². The van der Waals surface area contributed by atoms with Crippen molar-refractivity contribution in [3.05, 3.63) is 0 Å². The molecule has 0 aromatic rings. The van der Waals surface area contributed by atoms with E-state index in [1.54, 1.807) is 0 Å². The first-order valence-corrected chi connectivity index (χ1v) is 8.64. The Kier molecular flexibility index (Phi) is 8.01. The number of thioether (sulfide) groups is 1. The molecule has 0 aliphatic carbocycles. The molecule has 19 heavy (non-hydrogen) atoms. The molecule has 3 heteroatoms.